The van der Waals surface area contributed by atoms with Crippen LogP contribution >= 0.6 is 0 Å². The van der Waals surface area contributed by atoms with Gasteiger partial charge < -0.3 is 15.2 Å². The summed E-state index contributed by atoms with van der Waals surface area (Å²) in [6.45, 7) is 21.7. The molecule has 0 spiro atoms. The summed E-state index contributed by atoms with van der Waals surface area (Å²) in [5.74, 6) is 2.03. The highest BCUT2D eigenvalue weighted by molar-refractivity contribution is 5.84. The van der Waals surface area contributed by atoms with Crippen molar-refractivity contribution in [3.8, 4) is 0 Å². The minimum absolute atomic E-state index is 0.00448. The molecule has 0 aromatic carbocycles. The molecule has 0 aromatic heterocycles. The quantitative estimate of drug-likeness (QED) is 0.108. The number of amides is 1. The molecule has 1 amide bonds. The number of unbranched alkanes of at least 4 members (excludes halogenated alkanes) is 7. The highest BCUT2D eigenvalue weighted by Crippen LogP contribution is 2.77. The molecule has 6 nitrogen and oxygen atoms in total. The van der Waals surface area contributed by atoms with Crippen molar-refractivity contribution in [2.24, 2.45) is 56.7 Å². The molecule has 6 heteroatoms. The van der Waals surface area contributed by atoms with Gasteiger partial charge in [-0.2, -0.15) is 0 Å². The predicted molar refractivity (Wildman–Crippen MR) is 197 cm³/mol. The number of carbonyl (C=O) groups excluding carboxylic acids is 2. The maximum Gasteiger partial charge on any atom is 0.303 e. The van der Waals surface area contributed by atoms with Crippen LogP contribution in [-0.4, -0.2) is 35.6 Å². The molecular weight excluding hydrogens is 610 g/mol. The molecular formula is C43H71NO5. The molecule has 49 heavy (non-hydrogen) atoms. The number of esters is 1. The van der Waals surface area contributed by atoms with Crippen LogP contribution in [0.3, 0.4) is 0 Å². The number of carboxylic acid groups (broad SMARTS) is 1. The summed E-state index contributed by atoms with van der Waals surface area (Å²) in [5.41, 5.74) is 1.64. The summed E-state index contributed by atoms with van der Waals surface area (Å²) in [6, 6.07) is 0. The average molecular weight is 682 g/mol. The monoisotopic (exact) mass is 682 g/mol. The van der Waals surface area contributed by atoms with Crippen LogP contribution < -0.4 is 5.32 Å². The molecule has 5 fully saturated rings. The molecule has 278 valence electrons. The smallest absolute Gasteiger partial charge is 0.303 e. The van der Waals surface area contributed by atoms with Crippen molar-refractivity contribution in [1.29, 1.82) is 0 Å². The number of aliphatic carboxylic acids is 1. The van der Waals surface area contributed by atoms with Crippen molar-refractivity contribution in [1.82, 2.24) is 5.32 Å². The van der Waals surface area contributed by atoms with Crippen molar-refractivity contribution in [2.45, 2.75) is 177 Å². The molecule has 5 aliphatic rings. The lowest BCUT2D eigenvalue weighted by atomic mass is 9.32. The average Bonchev–Trinajstić information content (AvgIpc) is 3.43. The molecule has 0 aromatic rings. The van der Waals surface area contributed by atoms with E-state index in [1.807, 2.05) is 0 Å². The van der Waals surface area contributed by atoms with Crippen LogP contribution in [0.5, 0.6) is 0 Å². The number of ether oxygens (including phenoxy) is 1. The first-order valence-electron chi connectivity index (χ1n) is 20.4. The van der Waals surface area contributed by atoms with Crippen molar-refractivity contribution >= 4 is 17.8 Å². The van der Waals surface area contributed by atoms with Crippen LogP contribution in [0.4, 0.5) is 0 Å². The highest BCUT2D eigenvalue weighted by atomic mass is 16.5. The van der Waals surface area contributed by atoms with Crippen LogP contribution in [0.15, 0.2) is 12.2 Å². The second kappa shape index (κ2) is 14.6. The largest absolute Gasteiger partial charge is 0.481 e. The van der Waals surface area contributed by atoms with Gasteiger partial charge in [0.2, 0.25) is 5.91 Å². The Bertz CT molecular complexity index is 1240. The second-order valence-corrected chi connectivity index (χ2v) is 19.0. The van der Waals surface area contributed by atoms with Crippen molar-refractivity contribution in [3.05, 3.63) is 12.2 Å². The maximum atomic E-state index is 14.4. The van der Waals surface area contributed by atoms with Crippen molar-refractivity contribution in [3.63, 3.8) is 0 Å². The van der Waals surface area contributed by atoms with E-state index in [-0.39, 0.29) is 45.6 Å². The van der Waals surface area contributed by atoms with Crippen LogP contribution in [0.2, 0.25) is 0 Å². The molecule has 10 atom stereocenters. The van der Waals surface area contributed by atoms with Gasteiger partial charge in [-0.15, -0.1) is 0 Å². The van der Waals surface area contributed by atoms with E-state index < -0.39 is 5.97 Å². The van der Waals surface area contributed by atoms with Crippen molar-refractivity contribution < 1.29 is 24.2 Å². The van der Waals surface area contributed by atoms with E-state index in [4.69, 9.17) is 9.84 Å². The van der Waals surface area contributed by atoms with Gasteiger partial charge in [0.05, 0.1) is 5.41 Å². The van der Waals surface area contributed by atoms with Gasteiger partial charge in [-0.25, -0.2) is 0 Å². The van der Waals surface area contributed by atoms with Gasteiger partial charge in [0.15, 0.2) is 0 Å². The minimum atomic E-state index is -0.692. The Morgan fingerprint density at radius 2 is 1.39 bits per heavy atom. The van der Waals surface area contributed by atoms with Gasteiger partial charge in [-0.05, 0) is 130 Å². The number of carboxylic acids is 1. The van der Waals surface area contributed by atoms with Crippen LogP contribution in [-0.2, 0) is 19.1 Å². The number of rotatable bonds is 14. The third-order valence-corrected chi connectivity index (χ3v) is 16.4. The van der Waals surface area contributed by atoms with Gasteiger partial charge in [0.25, 0.3) is 0 Å². The van der Waals surface area contributed by atoms with Gasteiger partial charge in [-0.3, -0.25) is 14.4 Å². The molecule has 0 saturated heterocycles. The summed E-state index contributed by atoms with van der Waals surface area (Å²) in [4.78, 5) is 37.1. The predicted octanol–water partition coefficient (Wildman–Crippen LogP) is 10.3. The Morgan fingerprint density at radius 3 is 2.02 bits per heavy atom. The Morgan fingerprint density at radius 1 is 0.735 bits per heavy atom. The number of hydrogen-bond acceptors (Lipinski definition) is 4. The van der Waals surface area contributed by atoms with Gasteiger partial charge in [-0.1, -0.05) is 85.3 Å². The fourth-order valence-corrected chi connectivity index (χ4v) is 13.8. The van der Waals surface area contributed by atoms with Crippen molar-refractivity contribution in [2.75, 3.05) is 6.54 Å². The molecule has 5 aliphatic carbocycles. The summed E-state index contributed by atoms with van der Waals surface area (Å²) in [5, 5.41) is 12.3. The first-order valence-corrected chi connectivity index (χ1v) is 20.4. The fraction of sp³-hybridized carbons (Fsp3) is 0.884. The maximum absolute atomic E-state index is 14.4. The van der Waals surface area contributed by atoms with Crippen LogP contribution in [0.1, 0.15) is 170 Å². The molecule has 0 aliphatic heterocycles. The molecule has 5 saturated carbocycles. The lowest BCUT2D eigenvalue weighted by Crippen LogP contribution is -2.67. The number of allylic oxidation sites excluding steroid dienone is 1. The van der Waals surface area contributed by atoms with Crippen LogP contribution in [0.25, 0.3) is 0 Å². The topological polar surface area (TPSA) is 92.7 Å². The van der Waals surface area contributed by atoms with E-state index in [1.165, 1.54) is 50.5 Å². The van der Waals surface area contributed by atoms with Gasteiger partial charge >= 0.3 is 11.9 Å². The number of nitrogens with one attached hydrogen (secondary N) is 1. The number of hydrogen-bond donors (Lipinski definition) is 2. The lowest BCUT2D eigenvalue weighted by Gasteiger charge is -2.72. The number of fused-ring (bicyclic) bond motifs is 7. The van der Waals surface area contributed by atoms with Gasteiger partial charge in [0, 0.05) is 25.3 Å². The third-order valence-electron chi connectivity index (χ3n) is 16.4. The first kappa shape index (κ1) is 38.4. The molecule has 5 rings (SSSR count). The highest BCUT2D eigenvalue weighted by Gasteiger charge is 2.72. The van der Waals surface area contributed by atoms with E-state index in [2.05, 4.69) is 53.4 Å². The number of carbonyl (C=O) groups is 3. The standard InChI is InChI=1S/C43H71NO5/c1-29(2)31-20-25-43(38(48)44-28-16-14-12-10-9-11-13-15-17-36(46)47)27-26-41(7)32(37(31)43)18-19-34-40(6)23-22-35(49-30(3)45)39(4,5)33(40)21-24-42(34,41)8/h31-35,37H,1,9-28H2,2-8H3,(H,44,48)(H,46,47)/t31-,32+,33-,34+,35-,37+,40-,41+,42+,43-/m0/s1. The summed E-state index contributed by atoms with van der Waals surface area (Å²) < 4.78 is 5.96. The Balaban J connectivity index is 1.25. The van der Waals surface area contributed by atoms with E-state index in [0.717, 1.165) is 77.2 Å². The zero-order valence-electron chi connectivity index (χ0n) is 32.4. The third kappa shape index (κ3) is 6.78. The first-order chi connectivity index (χ1) is 23.0. The minimum Gasteiger partial charge on any atom is -0.481 e. The summed E-state index contributed by atoms with van der Waals surface area (Å²) in [6.07, 6.45) is 20.1. The van der Waals surface area contributed by atoms with E-state index in [1.54, 1.807) is 6.92 Å². The molecule has 0 bridgehead atoms. The Hall–Kier alpha value is -1.85. The fourth-order valence-electron chi connectivity index (χ4n) is 13.8. The molecule has 0 unspecified atom stereocenters. The molecule has 0 heterocycles. The molecule has 2 N–H and O–H groups in total. The normalized spacial score (nSPS) is 40.6. The zero-order chi connectivity index (χ0) is 35.8. The lowest BCUT2D eigenvalue weighted by molar-refractivity contribution is -0.248. The van der Waals surface area contributed by atoms with E-state index >= 15 is 0 Å². The summed E-state index contributed by atoms with van der Waals surface area (Å²) >= 11 is 0. The molecule has 0 radical (unpaired) electrons. The Kier molecular flexibility index (Phi) is 11.5. The second-order valence-electron chi connectivity index (χ2n) is 19.0. The zero-order valence-corrected chi connectivity index (χ0v) is 32.4. The summed E-state index contributed by atoms with van der Waals surface area (Å²) in [7, 11) is 0. The van der Waals surface area contributed by atoms with Crippen LogP contribution in [0, 0.1) is 56.7 Å². The van der Waals surface area contributed by atoms with E-state index in [9.17, 15) is 14.4 Å². The van der Waals surface area contributed by atoms with Gasteiger partial charge in [0.1, 0.15) is 6.10 Å². The SMILES string of the molecule is C=C(C)[C@@H]1CC[C@]2(C(=O)NCCCCCCCCCCC(=O)O)CC[C@]3(C)[C@H](CC[C@@H]4[C@@]5(C)CC[C@H](OC(C)=O)C(C)(C)[C@@H]5CC[C@]43C)[C@@H]12. The Labute approximate surface area is 298 Å². The van der Waals surface area contributed by atoms with E-state index in [0.29, 0.717) is 35.5 Å².